The van der Waals surface area contributed by atoms with E-state index in [2.05, 4.69) is 23.6 Å². The van der Waals surface area contributed by atoms with Gasteiger partial charge in [0.05, 0.1) is 4.91 Å². The van der Waals surface area contributed by atoms with E-state index in [1.165, 1.54) is 16.0 Å². The molecule has 2 heteroatoms. The van der Waals surface area contributed by atoms with Crippen LogP contribution in [-0.2, 0) is 0 Å². The predicted molar refractivity (Wildman–Crippen MR) is 59.9 cm³/mol. The van der Waals surface area contributed by atoms with E-state index in [1.807, 2.05) is 24.5 Å². The molecule has 2 aliphatic heterocycles. The van der Waals surface area contributed by atoms with Gasteiger partial charge in [-0.25, -0.2) is 0 Å². The highest BCUT2D eigenvalue weighted by atomic mass is 32.2. The first-order valence-corrected chi connectivity index (χ1v) is 5.33. The van der Waals surface area contributed by atoms with Crippen molar-refractivity contribution in [3.8, 4) is 5.75 Å². The number of hydrogen-bond acceptors (Lipinski definition) is 2. The van der Waals surface area contributed by atoms with Crippen LogP contribution in [0.2, 0.25) is 0 Å². The Hall–Kier alpha value is -1.41. The highest BCUT2D eigenvalue weighted by molar-refractivity contribution is 8.06. The van der Waals surface area contributed by atoms with Gasteiger partial charge in [0, 0.05) is 11.1 Å². The number of para-hydroxylation sites is 1. The van der Waals surface area contributed by atoms with Crippen molar-refractivity contribution in [1.29, 1.82) is 0 Å². The van der Waals surface area contributed by atoms with Crippen LogP contribution in [0.25, 0.3) is 5.57 Å². The summed E-state index contributed by atoms with van der Waals surface area (Å²) in [6, 6.07) is 8.11. The van der Waals surface area contributed by atoms with Crippen LogP contribution in [-0.4, -0.2) is 0 Å². The Morgan fingerprint density at radius 1 is 1.14 bits per heavy atom. The van der Waals surface area contributed by atoms with Gasteiger partial charge < -0.3 is 4.74 Å². The maximum Gasteiger partial charge on any atom is 0.134 e. The molecular formula is C12H8OS. The number of ether oxygens (including phenoxy) is 1. The number of fused-ring (bicyclic) bond motifs is 3. The molecule has 1 nitrogen and oxygen atoms in total. The minimum absolute atomic E-state index is 0.943. The molecule has 0 spiro atoms. The van der Waals surface area contributed by atoms with E-state index in [9.17, 15) is 0 Å². The lowest BCUT2D eigenvalue weighted by atomic mass is 10.0. The third-order valence-electron chi connectivity index (χ3n) is 2.27. The van der Waals surface area contributed by atoms with Gasteiger partial charge >= 0.3 is 0 Å². The molecular weight excluding hydrogens is 192 g/mol. The topological polar surface area (TPSA) is 9.23 Å². The van der Waals surface area contributed by atoms with Gasteiger partial charge in [-0.2, -0.15) is 0 Å². The molecule has 1 aromatic carbocycles. The van der Waals surface area contributed by atoms with Crippen LogP contribution in [0, 0.1) is 0 Å². The molecule has 2 heterocycles. The number of rotatable bonds is 0. The SMILES string of the molecule is C1=CSC2=COc3ccccc3C2=C1. The summed E-state index contributed by atoms with van der Waals surface area (Å²) >= 11 is 1.70. The quantitative estimate of drug-likeness (QED) is 0.633. The summed E-state index contributed by atoms with van der Waals surface area (Å²) in [7, 11) is 0. The van der Waals surface area contributed by atoms with Gasteiger partial charge in [-0.3, -0.25) is 0 Å². The van der Waals surface area contributed by atoms with Gasteiger partial charge in [0.15, 0.2) is 0 Å². The lowest BCUT2D eigenvalue weighted by molar-refractivity contribution is 0.474. The molecule has 68 valence electrons. The van der Waals surface area contributed by atoms with Crippen molar-refractivity contribution in [3.05, 3.63) is 58.6 Å². The largest absolute Gasteiger partial charge is 0.463 e. The van der Waals surface area contributed by atoms with Crippen LogP contribution in [0.4, 0.5) is 0 Å². The normalized spacial score (nSPS) is 17.4. The first kappa shape index (κ1) is 7.94. The molecule has 14 heavy (non-hydrogen) atoms. The molecule has 0 aromatic heterocycles. The highest BCUT2D eigenvalue weighted by Gasteiger charge is 2.18. The molecule has 0 atom stereocenters. The van der Waals surface area contributed by atoms with Crippen LogP contribution >= 0.6 is 11.8 Å². The fraction of sp³-hybridized carbons (Fsp3) is 0. The van der Waals surface area contributed by atoms with Crippen molar-refractivity contribution in [2.45, 2.75) is 0 Å². The zero-order chi connectivity index (χ0) is 9.38. The summed E-state index contributed by atoms with van der Waals surface area (Å²) in [6.45, 7) is 0. The van der Waals surface area contributed by atoms with E-state index in [-0.39, 0.29) is 0 Å². The van der Waals surface area contributed by atoms with Crippen LogP contribution < -0.4 is 4.74 Å². The van der Waals surface area contributed by atoms with Crippen molar-refractivity contribution in [2.24, 2.45) is 0 Å². The Bertz CT molecular complexity index is 469. The molecule has 2 aliphatic rings. The smallest absolute Gasteiger partial charge is 0.134 e. The van der Waals surface area contributed by atoms with Crippen molar-refractivity contribution >= 4 is 17.3 Å². The fourth-order valence-electron chi connectivity index (χ4n) is 1.62. The van der Waals surface area contributed by atoms with Crippen molar-refractivity contribution < 1.29 is 4.74 Å². The Balaban J connectivity index is 2.22. The molecule has 0 saturated heterocycles. The first-order chi connectivity index (χ1) is 6.95. The summed E-state index contributed by atoms with van der Waals surface area (Å²) in [5, 5.41) is 2.06. The number of allylic oxidation sites excluding steroid dienone is 3. The highest BCUT2D eigenvalue weighted by Crippen LogP contribution is 2.42. The van der Waals surface area contributed by atoms with Gasteiger partial charge in [0.25, 0.3) is 0 Å². The maximum atomic E-state index is 5.54. The molecule has 0 amide bonds. The number of thioether (sulfide) groups is 1. The van der Waals surface area contributed by atoms with Gasteiger partial charge in [-0.05, 0) is 11.5 Å². The Morgan fingerprint density at radius 2 is 2.07 bits per heavy atom. The zero-order valence-corrected chi connectivity index (χ0v) is 8.25. The minimum Gasteiger partial charge on any atom is -0.463 e. The molecule has 0 radical (unpaired) electrons. The summed E-state index contributed by atoms with van der Waals surface area (Å²) in [4.78, 5) is 1.19. The Morgan fingerprint density at radius 3 is 3.07 bits per heavy atom. The first-order valence-electron chi connectivity index (χ1n) is 4.45. The second-order valence-electron chi connectivity index (χ2n) is 3.12. The fourth-order valence-corrected chi connectivity index (χ4v) is 2.33. The summed E-state index contributed by atoms with van der Waals surface area (Å²) in [5.74, 6) is 0.943. The van der Waals surface area contributed by atoms with Gasteiger partial charge in [0.2, 0.25) is 0 Å². The Kier molecular flexibility index (Phi) is 1.74. The summed E-state index contributed by atoms with van der Waals surface area (Å²) < 4.78 is 5.54. The van der Waals surface area contributed by atoms with E-state index >= 15 is 0 Å². The standard InChI is InChI=1S/C12H8OS/c1-2-6-11-9(4-1)10-5-3-7-14-12(10)8-13-11/h1-8H. The van der Waals surface area contributed by atoms with Crippen LogP contribution in [0.15, 0.2) is 53.0 Å². The zero-order valence-electron chi connectivity index (χ0n) is 7.44. The van der Waals surface area contributed by atoms with E-state index in [1.54, 1.807) is 11.8 Å². The summed E-state index contributed by atoms with van der Waals surface area (Å²) in [5.41, 5.74) is 2.45. The molecule has 0 aliphatic carbocycles. The van der Waals surface area contributed by atoms with Gasteiger partial charge in [-0.1, -0.05) is 42.1 Å². The molecule has 0 fully saturated rings. The van der Waals surface area contributed by atoms with Crippen molar-refractivity contribution in [3.63, 3.8) is 0 Å². The lowest BCUT2D eigenvalue weighted by Crippen LogP contribution is -2.00. The molecule has 0 unspecified atom stereocenters. The van der Waals surface area contributed by atoms with Crippen LogP contribution in [0.3, 0.4) is 0 Å². The maximum absolute atomic E-state index is 5.54. The molecule has 0 N–H and O–H groups in total. The van der Waals surface area contributed by atoms with Crippen LogP contribution in [0.1, 0.15) is 5.56 Å². The van der Waals surface area contributed by atoms with Gasteiger partial charge in [0.1, 0.15) is 12.0 Å². The average Bonchev–Trinajstić information content (AvgIpc) is 2.29. The Labute approximate surface area is 86.8 Å². The van der Waals surface area contributed by atoms with E-state index in [4.69, 9.17) is 4.74 Å². The monoisotopic (exact) mass is 200 g/mol. The molecule has 3 rings (SSSR count). The molecule has 1 aromatic rings. The predicted octanol–water partition coefficient (Wildman–Crippen LogP) is 3.56. The van der Waals surface area contributed by atoms with Gasteiger partial charge in [-0.15, -0.1) is 0 Å². The average molecular weight is 200 g/mol. The third kappa shape index (κ3) is 1.11. The molecule has 0 bridgehead atoms. The van der Waals surface area contributed by atoms with Crippen molar-refractivity contribution in [1.82, 2.24) is 0 Å². The molecule has 0 saturated carbocycles. The van der Waals surface area contributed by atoms with E-state index in [0.717, 1.165) is 5.75 Å². The number of benzene rings is 1. The second-order valence-corrected chi connectivity index (χ2v) is 4.07. The minimum atomic E-state index is 0.943. The van der Waals surface area contributed by atoms with Crippen molar-refractivity contribution in [2.75, 3.05) is 0 Å². The second kappa shape index (κ2) is 3.07. The van der Waals surface area contributed by atoms with E-state index < -0.39 is 0 Å². The summed E-state index contributed by atoms with van der Waals surface area (Å²) in [6.07, 6.45) is 6.02. The third-order valence-corrected chi connectivity index (χ3v) is 3.14. The number of hydrogen-bond donors (Lipinski definition) is 0. The lowest BCUT2D eigenvalue weighted by Gasteiger charge is -2.20. The van der Waals surface area contributed by atoms with E-state index in [0.29, 0.717) is 0 Å². The van der Waals surface area contributed by atoms with Crippen LogP contribution in [0.5, 0.6) is 5.75 Å².